The number of esters is 1. The molecule has 17 heavy (non-hydrogen) atoms. The van der Waals surface area contributed by atoms with Crippen molar-refractivity contribution in [2.24, 2.45) is 0 Å². The van der Waals surface area contributed by atoms with Gasteiger partial charge in [0.15, 0.2) is 5.25 Å². The van der Waals surface area contributed by atoms with Crippen molar-refractivity contribution < 1.29 is 17.9 Å². The molecule has 0 aliphatic carbocycles. The summed E-state index contributed by atoms with van der Waals surface area (Å²) in [5.74, 6) is -0.602. The van der Waals surface area contributed by atoms with Crippen LogP contribution in [0.25, 0.3) is 0 Å². The summed E-state index contributed by atoms with van der Waals surface area (Å²) in [6.45, 7) is 4.80. The molecule has 0 aliphatic heterocycles. The van der Waals surface area contributed by atoms with Gasteiger partial charge in [-0.2, -0.15) is 9.57 Å². The van der Waals surface area contributed by atoms with Crippen molar-refractivity contribution in [3.63, 3.8) is 0 Å². The Morgan fingerprint density at radius 2 is 2.06 bits per heavy atom. The fourth-order valence-electron chi connectivity index (χ4n) is 1.19. The van der Waals surface area contributed by atoms with E-state index in [0.717, 1.165) is 4.31 Å². The molecule has 0 aromatic heterocycles. The molecule has 0 spiro atoms. The lowest BCUT2D eigenvalue weighted by Gasteiger charge is -2.21. The third kappa shape index (κ3) is 4.71. The average molecular weight is 262 g/mol. The first-order valence-corrected chi connectivity index (χ1v) is 6.94. The Hall–Kier alpha value is -1.13. The van der Waals surface area contributed by atoms with Crippen LogP contribution < -0.4 is 0 Å². The Bertz CT molecular complexity index is 386. The average Bonchev–Trinajstić information content (AvgIpc) is 2.27. The number of carbonyl (C=O) groups is 1. The van der Waals surface area contributed by atoms with Crippen LogP contribution in [0.2, 0.25) is 0 Å². The van der Waals surface area contributed by atoms with E-state index in [-0.39, 0.29) is 19.7 Å². The van der Waals surface area contributed by atoms with Crippen LogP contribution in [-0.2, 0) is 19.6 Å². The van der Waals surface area contributed by atoms with Crippen molar-refractivity contribution in [1.82, 2.24) is 4.31 Å². The van der Waals surface area contributed by atoms with Gasteiger partial charge in [-0.15, -0.1) is 0 Å². The number of carbonyl (C=O) groups excluding carboxylic acids is 1. The van der Waals surface area contributed by atoms with E-state index in [0.29, 0.717) is 6.42 Å². The summed E-state index contributed by atoms with van der Waals surface area (Å²) in [6.07, 6.45) is 0.566. The Morgan fingerprint density at radius 1 is 1.47 bits per heavy atom. The van der Waals surface area contributed by atoms with E-state index >= 15 is 0 Å². The summed E-state index contributed by atoms with van der Waals surface area (Å²) in [4.78, 5) is 11.3. The first-order valence-electron chi connectivity index (χ1n) is 5.44. The molecule has 0 aromatic rings. The zero-order valence-corrected chi connectivity index (χ0v) is 11.2. The molecule has 6 nitrogen and oxygen atoms in total. The highest BCUT2D eigenvalue weighted by Crippen LogP contribution is 2.09. The summed E-state index contributed by atoms with van der Waals surface area (Å²) in [7, 11) is -3.76. The van der Waals surface area contributed by atoms with Crippen molar-refractivity contribution in [3.05, 3.63) is 0 Å². The van der Waals surface area contributed by atoms with E-state index in [9.17, 15) is 13.2 Å². The van der Waals surface area contributed by atoms with Crippen molar-refractivity contribution in [2.45, 2.75) is 32.4 Å². The molecule has 0 amide bonds. The van der Waals surface area contributed by atoms with Gasteiger partial charge in [-0.1, -0.05) is 6.92 Å². The van der Waals surface area contributed by atoms with Crippen LogP contribution in [0.4, 0.5) is 0 Å². The smallest absolute Gasteiger partial charge is 0.321 e. The van der Waals surface area contributed by atoms with Crippen LogP contribution in [0.3, 0.4) is 0 Å². The van der Waals surface area contributed by atoms with Gasteiger partial charge < -0.3 is 4.74 Å². The van der Waals surface area contributed by atoms with E-state index in [2.05, 4.69) is 0 Å². The monoisotopic (exact) mass is 262 g/mol. The molecular formula is C10H18N2O4S. The molecule has 0 saturated heterocycles. The number of sulfonamides is 1. The Kier molecular flexibility index (Phi) is 6.76. The second kappa shape index (κ2) is 7.25. The molecule has 0 heterocycles. The van der Waals surface area contributed by atoms with Gasteiger partial charge in [0.25, 0.3) is 0 Å². The lowest BCUT2D eigenvalue weighted by atomic mass is 10.5. The van der Waals surface area contributed by atoms with Gasteiger partial charge in [0.1, 0.15) is 6.54 Å². The molecule has 0 saturated carbocycles. The summed E-state index contributed by atoms with van der Waals surface area (Å²) < 4.78 is 29.5. The third-order valence-electron chi connectivity index (χ3n) is 2.07. The molecule has 0 N–H and O–H groups in total. The summed E-state index contributed by atoms with van der Waals surface area (Å²) in [5.41, 5.74) is 0. The van der Waals surface area contributed by atoms with E-state index in [4.69, 9.17) is 10.00 Å². The van der Waals surface area contributed by atoms with Gasteiger partial charge >= 0.3 is 5.97 Å². The van der Waals surface area contributed by atoms with Gasteiger partial charge in [0, 0.05) is 6.54 Å². The minimum absolute atomic E-state index is 0.201. The molecule has 0 rings (SSSR count). The standard InChI is InChI=1S/C10H18N2O4S/c1-4-6-12(8-10(13)16-5-2)17(14,15)9(3)7-11/h9H,4-6,8H2,1-3H3. The van der Waals surface area contributed by atoms with Gasteiger partial charge in [-0.05, 0) is 20.3 Å². The van der Waals surface area contributed by atoms with Crippen molar-refractivity contribution >= 4 is 16.0 Å². The minimum atomic E-state index is -3.76. The number of rotatable bonds is 7. The predicted molar refractivity (Wildman–Crippen MR) is 62.5 cm³/mol. The summed E-state index contributed by atoms with van der Waals surface area (Å²) in [5, 5.41) is 7.49. The zero-order chi connectivity index (χ0) is 13.5. The predicted octanol–water partition coefficient (Wildman–Crippen LogP) is 0.503. The number of ether oxygens (including phenoxy) is 1. The highest BCUT2D eigenvalue weighted by atomic mass is 32.2. The summed E-state index contributed by atoms with van der Waals surface area (Å²) in [6, 6.07) is 1.67. The lowest BCUT2D eigenvalue weighted by molar-refractivity contribution is -0.143. The molecule has 7 heteroatoms. The quantitative estimate of drug-likeness (QED) is 0.623. The number of hydrogen-bond donors (Lipinski definition) is 0. The lowest BCUT2D eigenvalue weighted by Crippen LogP contribution is -2.41. The van der Waals surface area contributed by atoms with Gasteiger partial charge in [-0.25, -0.2) is 8.42 Å². The van der Waals surface area contributed by atoms with Crippen LogP contribution in [0.1, 0.15) is 27.2 Å². The van der Waals surface area contributed by atoms with Crippen LogP contribution in [-0.4, -0.2) is 43.6 Å². The maximum absolute atomic E-state index is 11.9. The van der Waals surface area contributed by atoms with Crippen LogP contribution in [0.5, 0.6) is 0 Å². The maximum atomic E-state index is 11.9. The molecular weight excluding hydrogens is 244 g/mol. The molecule has 0 aromatic carbocycles. The Balaban J connectivity index is 4.86. The molecule has 1 unspecified atom stereocenters. The largest absolute Gasteiger partial charge is 0.465 e. The second-order valence-electron chi connectivity index (χ2n) is 3.45. The van der Waals surface area contributed by atoms with Crippen molar-refractivity contribution in [3.8, 4) is 6.07 Å². The molecule has 0 aliphatic rings. The summed E-state index contributed by atoms with van der Waals surface area (Å²) >= 11 is 0. The highest BCUT2D eigenvalue weighted by Gasteiger charge is 2.30. The van der Waals surface area contributed by atoms with Crippen molar-refractivity contribution in [2.75, 3.05) is 19.7 Å². The topological polar surface area (TPSA) is 87.5 Å². The van der Waals surface area contributed by atoms with E-state index in [1.807, 2.05) is 0 Å². The zero-order valence-electron chi connectivity index (χ0n) is 10.3. The van der Waals surface area contributed by atoms with Gasteiger partial charge in [-0.3, -0.25) is 4.79 Å². The molecule has 0 radical (unpaired) electrons. The molecule has 98 valence electrons. The first-order chi connectivity index (χ1) is 7.89. The second-order valence-corrected chi connectivity index (χ2v) is 5.71. The van der Waals surface area contributed by atoms with E-state index in [1.54, 1.807) is 19.9 Å². The minimum Gasteiger partial charge on any atom is -0.465 e. The van der Waals surface area contributed by atoms with Crippen LogP contribution >= 0.6 is 0 Å². The van der Waals surface area contributed by atoms with Crippen molar-refractivity contribution in [1.29, 1.82) is 5.26 Å². The third-order valence-corrected chi connectivity index (χ3v) is 4.10. The maximum Gasteiger partial charge on any atom is 0.321 e. The number of nitrogens with zero attached hydrogens (tertiary/aromatic N) is 2. The number of hydrogen-bond acceptors (Lipinski definition) is 5. The van der Waals surface area contributed by atoms with Gasteiger partial charge in [0.05, 0.1) is 12.7 Å². The highest BCUT2D eigenvalue weighted by molar-refractivity contribution is 7.90. The first kappa shape index (κ1) is 15.9. The fourth-order valence-corrected chi connectivity index (χ4v) is 2.49. The van der Waals surface area contributed by atoms with Crippen LogP contribution in [0, 0.1) is 11.3 Å². The molecule has 0 bridgehead atoms. The van der Waals surface area contributed by atoms with Crippen LogP contribution in [0.15, 0.2) is 0 Å². The molecule has 0 fully saturated rings. The normalized spacial score (nSPS) is 13.1. The van der Waals surface area contributed by atoms with E-state index in [1.165, 1.54) is 6.92 Å². The van der Waals surface area contributed by atoms with E-state index < -0.39 is 21.2 Å². The molecule has 1 atom stereocenters. The fraction of sp³-hybridized carbons (Fsp3) is 0.800. The Morgan fingerprint density at radius 3 is 2.47 bits per heavy atom. The number of nitriles is 1. The Labute approximate surface area is 102 Å². The SMILES string of the molecule is CCCN(CC(=O)OCC)S(=O)(=O)C(C)C#N. The van der Waals surface area contributed by atoms with Gasteiger partial charge in [0.2, 0.25) is 10.0 Å².